The molecule has 0 bridgehead atoms. The molecule has 0 aromatic carbocycles. The van der Waals surface area contributed by atoms with Crippen LogP contribution in [0.15, 0.2) is 25.3 Å². The first-order valence-corrected chi connectivity index (χ1v) is 3.73. The van der Waals surface area contributed by atoms with E-state index in [9.17, 15) is 0 Å². The van der Waals surface area contributed by atoms with Gasteiger partial charge in [-0.1, -0.05) is 12.2 Å². The van der Waals surface area contributed by atoms with Crippen LogP contribution in [-0.4, -0.2) is 13.6 Å². The van der Waals surface area contributed by atoms with E-state index in [2.05, 4.69) is 18.5 Å². The van der Waals surface area contributed by atoms with Crippen LogP contribution in [0.5, 0.6) is 0 Å². The van der Waals surface area contributed by atoms with Crippen LogP contribution >= 0.6 is 0 Å². The fraction of sp³-hybridized carbons (Fsp3) is 0.556. The summed E-state index contributed by atoms with van der Waals surface area (Å²) in [4.78, 5) is 0. The molecular weight excluding hydrogens is 122 g/mol. The molecule has 0 aliphatic carbocycles. The van der Waals surface area contributed by atoms with Crippen molar-refractivity contribution in [3.8, 4) is 0 Å². The Morgan fingerprint density at radius 3 is 2.60 bits per heavy atom. The highest BCUT2D eigenvalue weighted by atomic mass is 14.8. The number of hydrogen-bond acceptors (Lipinski definition) is 1. The molecule has 0 saturated heterocycles. The minimum absolute atomic E-state index is 0.602. The molecule has 1 atom stereocenters. The second-order valence-electron chi connectivity index (χ2n) is 2.41. The van der Waals surface area contributed by atoms with E-state index in [1.165, 1.54) is 0 Å². The first-order valence-electron chi connectivity index (χ1n) is 3.73. The molecule has 10 heavy (non-hydrogen) atoms. The zero-order valence-electron chi connectivity index (χ0n) is 6.77. The summed E-state index contributed by atoms with van der Waals surface area (Å²) in [6.45, 7) is 8.51. The van der Waals surface area contributed by atoms with E-state index in [0.29, 0.717) is 5.92 Å². The summed E-state index contributed by atoms with van der Waals surface area (Å²) in [7, 11) is 1.97. The van der Waals surface area contributed by atoms with Crippen molar-refractivity contribution in [1.82, 2.24) is 5.32 Å². The standard InChI is InChI=1S/C9H17N/c1-4-6-9(5-2)7-8-10-3/h4-5,9-10H,1-2,6-8H2,3H3. The molecular formula is C9H17N. The Labute approximate surface area is 63.8 Å². The zero-order chi connectivity index (χ0) is 7.82. The van der Waals surface area contributed by atoms with E-state index in [1.807, 2.05) is 19.2 Å². The molecule has 0 aliphatic heterocycles. The molecule has 1 N–H and O–H groups in total. The topological polar surface area (TPSA) is 12.0 Å². The third-order valence-electron chi connectivity index (χ3n) is 1.57. The second kappa shape index (κ2) is 6.56. The molecule has 0 aromatic heterocycles. The van der Waals surface area contributed by atoms with Crippen molar-refractivity contribution in [2.75, 3.05) is 13.6 Å². The molecule has 0 heterocycles. The Balaban J connectivity index is 3.38. The van der Waals surface area contributed by atoms with Gasteiger partial charge in [0.2, 0.25) is 0 Å². The van der Waals surface area contributed by atoms with Gasteiger partial charge in [-0.25, -0.2) is 0 Å². The predicted molar refractivity (Wildman–Crippen MR) is 47.0 cm³/mol. The van der Waals surface area contributed by atoms with Crippen LogP contribution in [0.4, 0.5) is 0 Å². The molecule has 58 valence electrons. The Bertz CT molecular complexity index is 96.9. The van der Waals surface area contributed by atoms with E-state index in [4.69, 9.17) is 0 Å². The fourth-order valence-electron chi connectivity index (χ4n) is 0.876. The monoisotopic (exact) mass is 139 g/mol. The van der Waals surface area contributed by atoms with Crippen molar-refractivity contribution in [3.05, 3.63) is 25.3 Å². The minimum atomic E-state index is 0.602. The van der Waals surface area contributed by atoms with Crippen LogP contribution in [0.25, 0.3) is 0 Å². The van der Waals surface area contributed by atoms with Gasteiger partial charge in [0, 0.05) is 0 Å². The number of rotatable bonds is 6. The van der Waals surface area contributed by atoms with E-state index < -0.39 is 0 Å². The quantitative estimate of drug-likeness (QED) is 0.555. The Morgan fingerprint density at radius 2 is 2.20 bits per heavy atom. The summed E-state index contributed by atoms with van der Waals surface area (Å²) >= 11 is 0. The van der Waals surface area contributed by atoms with E-state index in [0.717, 1.165) is 19.4 Å². The van der Waals surface area contributed by atoms with Crippen molar-refractivity contribution in [2.24, 2.45) is 5.92 Å². The van der Waals surface area contributed by atoms with Crippen LogP contribution in [0, 0.1) is 5.92 Å². The molecule has 0 aliphatic rings. The lowest BCUT2D eigenvalue weighted by Gasteiger charge is -2.07. The lowest BCUT2D eigenvalue weighted by atomic mass is 10.0. The van der Waals surface area contributed by atoms with Gasteiger partial charge in [0.1, 0.15) is 0 Å². The minimum Gasteiger partial charge on any atom is -0.320 e. The zero-order valence-corrected chi connectivity index (χ0v) is 6.77. The molecule has 0 radical (unpaired) electrons. The largest absolute Gasteiger partial charge is 0.320 e. The maximum Gasteiger partial charge on any atom is -0.00462 e. The molecule has 1 heteroatoms. The normalized spacial score (nSPS) is 12.5. The lowest BCUT2D eigenvalue weighted by molar-refractivity contribution is 0.575. The van der Waals surface area contributed by atoms with Gasteiger partial charge in [0.05, 0.1) is 0 Å². The third kappa shape index (κ3) is 4.33. The Morgan fingerprint density at radius 1 is 1.50 bits per heavy atom. The maximum absolute atomic E-state index is 3.76. The van der Waals surface area contributed by atoms with Crippen molar-refractivity contribution >= 4 is 0 Å². The van der Waals surface area contributed by atoms with Gasteiger partial charge in [-0.2, -0.15) is 0 Å². The van der Waals surface area contributed by atoms with Gasteiger partial charge in [0.15, 0.2) is 0 Å². The summed E-state index contributed by atoms with van der Waals surface area (Å²) in [5.41, 5.74) is 0. The molecule has 1 unspecified atom stereocenters. The highest BCUT2D eigenvalue weighted by Crippen LogP contribution is 2.08. The van der Waals surface area contributed by atoms with Crippen LogP contribution in [0.2, 0.25) is 0 Å². The van der Waals surface area contributed by atoms with Crippen molar-refractivity contribution in [3.63, 3.8) is 0 Å². The summed E-state index contributed by atoms with van der Waals surface area (Å²) in [5.74, 6) is 0.602. The summed E-state index contributed by atoms with van der Waals surface area (Å²) in [6, 6.07) is 0. The van der Waals surface area contributed by atoms with Gasteiger partial charge < -0.3 is 5.32 Å². The van der Waals surface area contributed by atoms with Crippen molar-refractivity contribution in [1.29, 1.82) is 0 Å². The number of allylic oxidation sites excluding steroid dienone is 2. The first kappa shape index (κ1) is 9.44. The number of nitrogens with one attached hydrogen (secondary N) is 1. The van der Waals surface area contributed by atoms with Crippen LogP contribution in [-0.2, 0) is 0 Å². The molecule has 0 aromatic rings. The fourth-order valence-corrected chi connectivity index (χ4v) is 0.876. The number of hydrogen-bond donors (Lipinski definition) is 1. The summed E-state index contributed by atoms with van der Waals surface area (Å²) < 4.78 is 0. The molecule has 1 nitrogen and oxygen atoms in total. The molecule has 0 saturated carbocycles. The van der Waals surface area contributed by atoms with Crippen LogP contribution < -0.4 is 5.32 Å². The Hall–Kier alpha value is -0.560. The average Bonchev–Trinajstić information content (AvgIpc) is 1.98. The predicted octanol–water partition coefficient (Wildman–Crippen LogP) is 1.97. The molecule has 0 amide bonds. The molecule has 0 spiro atoms. The van der Waals surface area contributed by atoms with Gasteiger partial charge in [-0.3, -0.25) is 0 Å². The van der Waals surface area contributed by atoms with Crippen molar-refractivity contribution in [2.45, 2.75) is 12.8 Å². The van der Waals surface area contributed by atoms with Crippen LogP contribution in [0.3, 0.4) is 0 Å². The average molecular weight is 139 g/mol. The lowest BCUT2D eigenvalue weighted by Crippen LogP contribution is -2.11. The van der Waals surface area contributed by atoms with Gasteiger partial charge in [0.25, 0.3) is 0 Å². The summed E-state index contributed by atoms with van der Waals surface area (Å²) in [6.07, 6.45) is 6.15. The van der Waals surface area contributed by atoms with E-state index >= 15 is 0 Å². The van der Waals surface area contributed by atoms with Gasteiger partial charge in [-0.05, 0) is 32.4 Å². The van der Waals surface area contributed by atoms with Crippen molar-refractivity contribution < 1.29 is 0 Å². The third-order valence-corrected chi connectivity index (χ3v) is 1.57. The van der Waals surface area contributed by atoms with E-state index in [1.54, 1.807) is 0 Å². The highest BCUT2D eigenvalue weighted by molar-refractivity contribution is 4.85. The second-order valence-corrected chi connectivity index (χ2v) is 2.41. The Kier molecular flexibility index (Phi) is 6.19. The SMILES string of the molecule is C=CCC(C=C)CCNC. The maximum atomic E-state index is 3.76. The van der Waals surface area contributed by atoms with Gasteiger partial charge >= 0.3 is 0 Å². The van der Waals surface area contributed by atoms with E-state index in [-0.39, 0.29) is 0 Å². The first-order chi connectivity index (χ1) is 4.85. The van der Waals surface area contributed by atoms with Crippen LogP contribution in [0.1, 0.15) is 12.8 Å². The molecule has 0 fully saturated rings. The summed E-state index contributed by atoms with van der Waals surface area (Å²) in [5, 5.41) is 3.11. The molecule has 0 rings (SSSR count). The van der Waals surface area contributed by atoms with Gasteiger partial charge in [-0.15, -0.1) is 13.2 Å². The smallest absolute Gasteiger partial charge is 0.00462 e. The highest BCUT2D eigenvalue weighted by Gasteiger charge is 1.98.